The predicted molar refractivity (Wildman–Crippen MR) is 63.9 cm³/mol. The average Bonchev–Trinajstić information content (AvgIpc) is 2.15. The lowest BCUT2D eigenvalue weighted by Gasteiger charge is -2.13. The van der Waals surface area contributed by atoms with Gasteiger partial charge in [0.1, 0.15) is 5.82 Å². The minimum Gasteiger partial charge on any atom is -0.391 e. The van der Waals surface area contributed by atoms with E-state index >= 15 is 0 Å². The molecule has 84 valence electrons. The molecule has 0 aromatic heterocycles. The SMILES string of the molecule is CCC(O)CNc1c(Cl)cc(F)cc1Br. The van der Waals surface area contributed by atoms with Crippen LogP contribution >= 0.6 is 27.5 Å². The van der Waals surface area contributed by atoms with Crippen molar-refractivity contribution in [3.63, 3.8) is 0 Å². The first-order chi connectivity index (χ1) is 7.04. The lowest BCUT2D eigenvalue weighted by atomic mass is 10.2. The zero-order valence-corrected chi connectivity index (χ0v) is 10.6. The highest BCUT2D eigenvalue weighted by Gasteiger charge is 2.09. The standard InChI is InChI=1S/C10H12BrClFNO/c1-2-7(15)5-14-10-8(11)3-6(13)4-9(10)12/h3-4,7,14-15H,2,5H2,1H3. The van der Waals surface area contributed by atoms with Crippen LogP contribution in [-0.2, 0) is 0 Å². The Morgan fingerprint density at radius 1 is 1.60 bits per heavy atom. The first kappa shape index (κ1) is 12.7. The van der Waals surface area contributed by atoms with Gasteiger partial charge in [-0.25, -0.2) is 4.39 Å². The smallest absolute Gasteiger partial charge is 0.125 e. The molecule has 0 saturated heterocycles. The molecule has 5 heteroatoms. The van der Waals surface area contributed by atoms with Crippen LogP contribution in [0.3, 0.4) is 0 Å². The number of aliphatic hydroxyl groups excluding tert-OH is 1. The molecule has 15 heavy (non-hydrogen) atoms. The Bertz CT molecular complexity index is 325. The van der Waals surface area contributed by atoms with Crippen LogP contribution < -0.4 is 5.32 Å². The van der Waals surface area contributed by atoms with Crippen LogP contribution in [-0.4, -0.2) is 17.8 Å². The molecule has 0 fully saturated rings. The number of benzene rings is 1. The van der Waals surface area contributed by atoms with E-state index in [4.69, 9.17) is 11.6 Å². The molecule has 1 aromatic rings. The second kappa shape index (κ2) is 5.68. The van der Waals surface area contributed by atoms with Gasteiger partial charge in [0, 0.05) is 11.0 Å². The molecule has 1 rings (SSSR count). The molecule has 0 saturated carbocycles. The highest BCUT2D eigenvalue weighted by atomic mass is 79.9. The van der Waals surface area contributed by atoms with Crippen LogP contribution in [0.25, 0.3) is 0 Å². The van der Waals surface area contributed by atoms with Gasteiger partial charge >= 0.3 is 0 Å². The monoisotopic (exact) mass is 295 g/mol. The normalized spacial score (nSPS) is 12.6. The van der Waals surface area contributed by atoms with E-state index in [2.05, 4.69) is 21.2 Å². The van der Waals surface area contributed by atoms with Gasteiger partial charge in [0.25, 0.3) is 0 Å². The van der Waals surface area contributed by atoms with E-state index < -0.39 is 11.9 Å². The third kappa shape index (κ3) is 3.63. The number of hydrogen-bond acceptors (Lipinski definition) is 2. The lowest BCUT2D eigenvalue weighted by Crippen LogP contribution is -2.18. The molecule has 1 aromatic carbocycles. The van der Waals surface area contributed by atoms with E-state index in [1.807, 2.05) is 6.92 Å². The van der Waals surface area contributed by atoms with Crippen LogP contribution in [0.1, 0.15) is 13.3 Å². The fourth-order valence-electron chi connectivity index (χ4n) is 1.08. The molecule has 1 atom stereocenters. The third-order valence-corrected chi connectivity index (χ3v) is 2.92. The van der Waals surface area contributed by atoms with Gasteiger partial charge < -0.3 is 10.4 Å². The van der Waals surface area contributed by atoms with Crippen molar-refractivity contribution >= 4 is 33.2 Å². The number of rotatable bonds is 4. The highest BCUT2D eigenvalue weighted by molar-refractivity contribution is 9.10. The Labute approximate surface area is 102 Å². The van der Waals surface area contributed by atoms with Crippen molar-refractivity contribution in [1.82, 2.24) is 0 Å². The topological polar surface area (TPSA) is 32.3 Å². The van der Waals surface area contributed by atoms with Crippen molar-refractivity contribution in [2.75, 3.05) is 11.9 Å². The quantitative estimate of drug-likeness (QED) is 0.892. The average molecular weight is 297 g/mol. The van der Waals surface area contributed by atoms with E-state index in [9.17, 15) is 9.50 Å². The summed E-state index contributed by atoms with van der Waals surface area (Å²) in [7, 11) is 0. The zero-order chi connectivity index (χ0) is 11.4. The van der Waals surface area contributed by atoms with E-state index in [1.165, 1.54) is 12.1 Å². The number of halogens is 3. The molecular formula is C10H12BrClFNO. The van der Waals surface area contributed by atoms with Crippen LogP contribution in [0.15, 0.2) is 16.6 Å². The van der Waals surface area contributed by atoms with E-state index in [1.54, 1.807) is 0 Å². The Kier molecular flexibility index (Phi) is 4.83. The molecule has 0 spiro atoms. The van der Waals surface area contributed by atoms with Crippen molar-refractivity contribution < 1.29 is 9.50 Å². The molecule has 0 bridgehead atoms. The molecule has 0 aliphatic carbocycles. The lowest BCUT2D eigenvalue weighted by molar-refractivity contribution is 0.183. The fourth-order valence-corrected chi connectivity index (χ4v) is 2.03. The van der Waals surface area contributed by atoms with E-state index in [0.717, 1.165) is 0 Å². The van der Waals surface area contributed by atoms with Gasteiger partial charge in [0.15, 0.2) is 0 Å². The van der Waals surface area contributed by atoms with Crippen molar-refractivity contribution in [3.8, 4) is 0 Å². The van der Waals surface area contributed by atoms with Crippen molar-refractivity contribution in [2.24, 2.45) is 0 Å². The predicted octanol–water partition coefficient (Wildman–Crippen LogP) is 3.42. The Hall–Kier alpha value is -0.320. The van der Waals surface area contributed by atoms with Crippen molar-refractivity contribution in [1.29, 1.82) is 0 Å². The first-order valence-electron chi connectivity index (χ1n) is 4.61. The summed E-state index contributed by atoms with van der Waals surface area (Å²) in [6.07, 6.45) is 0.224. The van der Waals surface area contributed by atoms with Crippen molar-refractivity contribution in [3.05, 3.63) is 27.4 Å². The maximum absolute atomic E-state index is 12.9. The number of hydrogen-bond donors (Lipinski definition) is 2. The molecular weight excluding hydrogens is 284 g/mol. The first-order valence-corrected chi connectivity index (χ1v) is 5.78. The van der Waals surface area contributed by atoms with Crippen LogP contribution in [0.2, 0.25) is 5.02 Å². The van der Waals surface area contributed by atoms with Crippen LogP contribution in [0, 0.1) is 5.82 Å². The van der Waals surface area contributed by atoms with Gasteiger partial charge in [-0.1, -0.05) is 18.5 Å². The molecule has 0 aliphatic rings. The summed E-state index contributed by atoms with van der Waals surface area (Å²) in [5, 5.41) is 12.6. The Morgan fingerprint density at radius 3 is 2.80 bits per heavy atom. The van der Waals surface area contributed by atoms with Gasteiger partial charge in [0.2, 0.25) is 0 Å². The second-order valence-electron chi connectivity index (χ2n) is 3.19. The van der Waals surface area contributed by atoms with E-state index in [0.29, 0.717) is 28.1 Å². The van der Waals surface area contributed by atoms with Gasteiger partial charge in [-0.3, -0.25) is 0 Å². The molecule has 0 radical (unpaired) electrons. The summed E-state index contributed by atoms with van der Waals surface area (Å²) in [6, 6.07) is 2.56. The molecule has 2 nitrogen and oxygen atoms in total. The summed E-state index contributed by atoms with van der Waals surface area (Å²) >= 11 is 9.05. The maximum atomic E-state index is 12.9. The molecule has 0 heterocycles. The minimum absolute atomic E-state index is 0.296. The number of anilines is 1. The maximum Gasteiger partial charge on any atom is 0.125 e. The summed E-state index contributed by atoms with van der Waals surface area (Å²) in [5.74, 6) is -0.395. The summed E-state index contributed by atoms with van der Waals surface area (Å²) in [4.78, 5) is 0. The molecule has 0 amide bonds. The minimum atomic E-state index is -0.432. The summed E-state index contributed by atoms with van der Waals surface area (Å²) in [6.45, 7) is 2.27. The largest absolute Gasteiger partial charge is 0.391 e. The van der Waals surface area contributed by atoms with Gasteiger partial charge in [0.05, 0.1) is 16.8 Å². The zero-order valence-electron chi connectivity index (χ0n) is 8.23. The molecule has 0 aliphatic heterocycles. The third-order valence-electron chi connectivity index (χ3n) is 1.99. The highest BCUT2D eigenvalue weighted by Crippen LogP contribution is 2.31. The van der Waals surface area contributed by atoms with Gasteiger partial charge in [-0.15, -0.1) is 0 Å². The van der Waals surface area contributed by atoms with Crippen LogP contribution in [0.4, 0.5) is 10.1 Å². The number of aliphatic hydroxyl groups is 1. The Balaban J connectivity index is 2.77. The Morgan fingerprint density at radius 2 is 2.27 bits per heavy atom. The summed E-state index contributed by atoms with van der Waals surface area (Å²) in [5.41, 5.74) is 0.602. The van der Waals surface area contributed by atoms with E-state index in [-0.39, 0.29) is 0 Å². The fraction of sp³-hybridized carbons (Fsp3) is 0.400. The summed E-state index contributed by atoms with van der Waals surface area (Å²) < 4.78 is 13.4. The molecule has 1 unspecified atom stereocenters. The second-order valence-corrected chi connectivity index (χ2v) is 4.45. The van der Waals surface area contributed by atoms with Gasteiger partial charge in [-0.2, -0.15) is 0 Å². The van der Waals surface area contributed by atoms with Crippen LogP contribution in [0.5, 0.6) is 0 Å². The van der Waals surface area contributed by atoms with Crippen molar-refractivity contribution in [2.45, 2.75) is 19.4 Å². The number of nitrogens with one attached hydrogen (secondary N) is 1. The molecule has 2 N–H and O–H groups in total. The van der Waals surface area contributed by atoms with Gasteiger partial charge in [-0.05, 0) is 34.5 Å².